The van der Waals surface area contributed by atoms with Gasteiger partial charge in [-0.1, -0.05) is 6.92 Å². The minimum absolute atomic E-state index is 0.0382. The molecule has 1 aliphatic rings. The van der Waals surface area contributed by atoms with Gasteiger partial charge in [0.15, 0.2) is 0 Å². The number of ether oxygens (including phenoxy) is 1. The van der Waals surface area contributed by atoms with Crippen LogP contribution in [0.3, 0.4) is 0 Å². The van der Waals surface area contributed by atoms with Crippen LogP contribution in [0.4, 0.5) is 0 Å². The van der Waals surface area contributed by atoms with Gasteiger partial charge in [-0.05, 0) is 12.3 Å². The summed E-state index contributed by atoms with van der Waals surface area (Å²) < 4.78 is 4.71. The number of rotatable bonds is 1. The Balaban J connectivity index is 0.000000261. The second kappa shape index (κ2) is 7.06. The molecule has 4 nitrogen and oxygen atoms in total. The van der Waals surface area contributed by atoms with E-state index < -0.39 is 0 Å². The summed E-state index contributed by atoms with van der Waals surface area (Å²) in [5.74, 6) is 0.500. The molecule has 0 aliphatic carbocycles. The SMILES string of the molecule is CC1CCOC(=O)C1.OCCO. The Kier molecular flexibility index (Phi) is 6.70. The van der Waals surface area contributed by atoms with Crippen LogP contribution in [0.15, 0.2) is 0 Å². The minimum atomic E-state index is -0.125. The highest BCUT2D eigenvalue weighted by Gasteiger charge is 2.15. The van der Waals surface area contributed by atoms with Crippen LogP contribution in [0.2, 0.25) is 0 Å². The normalized spacial score (nSPS) is 22.2. The molecule has 1 heterocycles. The van der Waals surface area contributed by atoms with Gasteiger partial charge < -0.3 is 14.9 Å². The second-order valence-electron chi connectivity index (χ2n) is 2.77. The lowest BCUT2D eigenvalue weighted by Gasteiger charge is -2.16. The van der Waals surface area contributed by atoms with E-state index in [2.05, 4.69) is 6.92 Å². The lowest BCUT2D eigenvalue weighted by molar-refractivity contribution is -0.148. The van der Waals surface area contributed by atoms with E-state index in [1.54, 1.807) is 0 Å². The Morgan fingerprint density at radius 3 is 2.33 bits per heavy atom. The van der Waals surface area contributed by atoms with Crippen molar-refractivity contribution in [1.29, 1.82) is 0 Å². The molecule has 2 N–H and O–H groups in total. The first-order chi connectivity index (χ1) is 5.70. The van der Waals surface area contributed by atoms with Crippen LogP contribution in [0.25, 0.3) is 0 Å². The van der Waals surface area contributed by atoms with Crippen molar-refractivity contribution < 1.29 is 19.7 Å². The van der Waals surface area contributed by atoms with E-state index in [-0.39, 0.29) is 19.2 Å². The fourth-order valence-corrected chi connectivity index (χ4v) is 0.819. The third-order valence-corrected chi connectivity index (χ3v) is 1.49. The average molecular weight is 176 g/mol. The van der Waals surface area contributed by atoms with Crippen LogP contribution in [0.1, 0.15) is 19.8 Å². The number of aliphatic hydroxyl groups excluding tert-OH is 2. The molecule has 1 aliphatic heterocycles. The van der Waals surface area contributed by atoms with Crippen molar-refractivity contribution in [2.75, 3.05) is 19.8 Å². The maximum Gasteiger partial charge on any atom is 0.306 e. The van der Waals surface area contributed by atoms with E-state index in [1.165, 1.54) is 0 Å². The molecule has 1 saturated heterocycles. The summed E-state index contributed by atoms with van der Waals surface area (Å²) in [6.45, 7) is 2.44. The fourth-order valence-electron chi connectivity index (χ4n) is 0.819. The summed E-state index contributed by atoms with van der Waals surface area (Å²) in [7, 11) is 0. The highest BCUT2D eigenvalue weighted by Crippen LogP contribution is 2.13. The van der Waals surface area contributed by atoms with E-state index in [4.69, 9.17) is 14.9 Å². The van der Waals surface area contributed by atoms with Gasteiger partial charge in [0.25, 0.3) is 0 Å². The van der Waals surface area contributed by atoms with Crippen molar-refractivity contribution in [2.45, 2.75) is 19.8 Å². The highest BCUT2D eigenvalue weighted by atomic mass is 16.5. The smallest absolute Gasteiger partial charge is 0.306 e. The van der Waals surface area contributed by atoms with Crippen molar-refractivity contribution >= 4 is 5.97 Å². The average Bonchev–Trinajstić information content (AvgIpc) is 2.04. The summed E-state index contributed by atoms with van der Waals surface area (Å²) in [4.78, 5) is 10.5. The molecule has 0 aromatic heterocycles. The number of carbonyl (C=O) groups is 1. The molecular formula is C8H16O4. The molecule has 0 amide bonds. The van der Waals surface area contributed by atoms with Gasteiger partial charge in [0.1, 0.15) is 0 Å². The van der Waals surface area contributed by atoms with Crippen molar-refractivity contribution in [3.63, 3.8) is 0 Å². The molecule has 0 bridgehead atoms. The number of hydrogen-bond donors (Lipinski definition) is 2. The Morgan fingerprint density at radius 1 is 1.50 bits per heavy atom. The van der Waals surface area contributed by atoms with Crippen LogP contribution < -0.4 is 0 Å². The number of hydrogen-bond acceptors (Lipinski definition) is 4. The monoisotopic (exact) mass is 176 g/mol. The minimum Gasteiger partial charge on any atom is -0.466 e. The van der Waals surface area contributed by atoms with Crippen molar-refractivity contribution in [2.24, 2.45) is 5.92 Å². The highest BCUT2D eigenvalue weighted by molar-refractivity contribution is 5.70. The third-order valence-electron chi connectivity index (χ3n) is 1.49. The quantitative estimate of drug-likeness (QED) is 0.549. The van der Waals surface area contributed by atoms with Crippen LogP contribution >= 0.6 is 0 Å². The third kappa shape index (κ3) is 6.12. The van der Waals surface area contributed by atoms with E-state index >= 15 is 0 Å². The zero-order chi connectivity index (χ0) is 9.40. The molecular weight excluding hydrogens is 160 g/mol. The topological polar surface area (TPSA) is 66.8 Å². The van der Waals surface area contributed by atoms with Crippen LogP contribution in [-0.2, 0) is 9.53 Å². The van der Waals surface area contributed by atoms with E-state index in [0.29, 0.717) is 18.9 Å². The Hall–Kier alpha value is -0.610. The lowest BCUT2D eigenvalue weighted by atomic mass is 10.0. The van der Waals surface area contributed by atoms with E-state index in [1.807, 2.05) is 0 Å². The van der Waals surface area contributed by atoms with E-state index in [9.17, 15) is 4.79 Å². The van der Waals surface area contributed by atoms with Gasteiger partial charge in [0.2, 0.25) is 0 Å². The summed E-state index contributed by atoms with van der Waals surface area (Å²) in [6.07, 6.45) is 1.64. The van der Waals surface area contributed by atoms with Crippen LogP contribution in [0, 0.1) is 5.92 Å². The zero-order valence-corrected chi connectivity index (χ0v) is 7.32. The van der Waals surface area contributed by atoms with Crippen molar-refractivity contribution in [3.8, 4) is 0 Å². The zero-order valence-electron chi connectivity index (χ0n) is 7.32. The molecule has 4 heteroatoms. The van der Waals surface area contributed by atoms with Gasteiger partial charge >= 0.3 is 5.97 Å². The lowest BCUT2D eigenvalue weighted by Crippen LogP contribution is -2.18. The summed E-state index contributed by atoms with van der Waals surface area (Å²) in [5, 5.41) is 15.2. The van der Waals surface area contributed by atoms with Crippen LogP contribution in [0.5, 0.6) is 0 Å². The first-order valence-electron chi connectivity index (χ1n) is 4.08. The Bertz CT molecular complexity index is 122. The van der Waals surface area contributed by atoms with E-state index in [0.717, 1.165) is 6.42 Å². The predicted octanol–water partition coefficient (Wildman–Crippen LogP) is -0.0695. The van der Waals surface area contributed by atoms with Gasteiger partial charge in [-0.25, -0.2) is 0 Å². The van der Waals surface area contributed by atoms with Gasteiger partial charge in [-0.3, -0.25) is 4.79 Å². The number of aliphatic hydroxyl groups is 2. The van der Waals surface area contributed by atoms with Crippen molar-refractivity contribution in [3.05, 3.63) is 0 Å². The molecule has 0 saturated carbocycles. The molecule has 1 atom stereocenters. The molecule has 1 fully saturated rings. The molecule has 0 spiro atoms. The fraction of sp³-hybridized carbons (Fsp3) is 0.875. The Labute approximate surface area is 72.2 Å². The second-order valence-corrected chi connectivity index (χ2v) is 2.77. The van der Waals surface area contributed by atoms with Gasteiger partial charge in [0.05, 0.1) is 19.8 Å². The molecule has 12 heavy (non-hydrogen) atoms. The standard InChI is InChI=1S/C6H10O2.C2H6O2/c1-5-2-3-8-6(7)4-5;3-1-2-4/h5H,2-4H2,1H3;3-4H,1-2H2. The number of cyclic esters (lactones) is 1. The molecule has 0 aromatic rings. The molecule has 0 aromatic carbocycles. The van der Waals surface area contributed by atoms with Gasteiger partial charge in [-0.15, -0.1) is 0 Å². The maximum atomic E-state index is 10.5. The number of esters is 1. The molecule has 1 unspecified atom stereocenters. The Morgan fingerprint density at radius 2 is 2.08 bits per heavy atom. The molecule has 1 rings (SSSR count). The van der Waals surface area contributed by atoms with Crippen molar-refractivity contribution in [1.82, 2.24) is 0 Å². The summed E-state index contributed by atoms with van der Waals surface area (Å²) in [6, 6.07) is 0. The molecule has 0 radical (unpaired) electrons. The van der Waals surface area contributed by atoms with Gasteiger partial charge in [-0.2, -0.15) is 0 Å². The predicted molar refractivity (Wildman–Crippen MR) is 43.5 cm³/mol. The summed E-state index contributed by atoms with van der Waals surface area (Å²) >= 11 is 0. The van der Waals surface area contributed by atoms with Gasteiger partial charge in [0, 0.05) is 6.42 Å². The molecule has 72 valence electrons. The largest absolute Gasteiger partial charge is 0.466 e. The maximum absolute atomic E-state index is 10.5. The van der Waals surface area contributed by atoms with Crippen LogP contribution in [-0.4, -0.2) is 36.0 Å². The summed E-state index contributed by atoms with van der Waals surface area (Å²) in [5.41, 5.74) is 0. The first kappa shape index (κ1) is 11.4. The number of carbonyl (C=O) groups excluding carboxylic acids is 1. The first-order valence-corrected chi connectivity index (χ1v) is 4.08.